The summed E-state index contributed by atoms with van der Waals surface area (Å²) in [5, 5.41) is 9.21. The molecule has 0 aliphatic heterocycles. The van der Waals surface area contributed by atoms with Crippen molar-refractivity contribution in [1.29, 1.82) is 0 Å². The molecule has 3 nitrogen and oxygen atoms in total. The number of hydrogen-bond donors (Lipinski definition) is 1. The molecule has 0 fully saturated rings. The van der Waals surface area contributed by atoms with Gasteiger partial charge >= 0.3 is 0 Å². The number of hydrogen-bond acceptors (Lipinski definition) is 3. The Kier molecular flexibility index (Phi) is 7.36. The van der Waals surface area contributed by atoms with E-state index in [1.807, 2.05) is 24.3 Å². The highest BCUT2D eigenvalue weighted by atomic mass is 19.1. The zero-order valence-corrected chi connectivity index (χ0v) is 14.5. The van der Waals surface area contributed by atoms with Gasteiger partial charge in [0, 0.05) is 11.8 Å². The number of allylic oxidation sites excluding steroid dienone is 1. The van der Waals surface area contributed by atoms with Gasteiger partial charge in [0.05, 0.1) is 11.8 Å². The lowest BCUT2D eigenvalue weighted by atomic mass is 10.1. The number of unbranched alkanes of at least 4 members (excludes halogenated alkanes) is 1. The van der Waals surface area contributed by atoms with Crippen LogP contribution >= 0.6 is 0 Å². The van der Waals surface area contributed by atoms with Gasteiger partial charge in [-0.05, 0) is 56.0 Å². The molecule has 1 aromatic heterocycles. The number of aliphatic hydroxyl groups is 1. The van der Waals surface area contributed by atoms with Gasteiger partial charge in [0.2, 0.25) is 0 Å². The van der Waals surface area contributed by atoms with Gasteiger partial charge in [-0.2, -0.15) is 0 Å². The lowest BCUT2D eigenvalue weighted by Gasteiger charge is -2.07. The fraction of sp³-hybridized carbons (Fsp3) is 0.286. The molecular weight excluding hydrogens is 317 g/mol. The first-order valence-electron chi connectivity index (χ1n) is 8.44. The number of nitrogens with zero attached hydrogens (tertiary/aromatic N) is 1. The fourth-order valence-corrected chi connectivity index (χ4v) is 2.36. The van der Waals surface area contributed by atoms with E-state index in [4.69, 9.17) is 4.74 Å². The summed E-state index contributed by atoms with van der Waals surface area (Å²) in [5.41, 5.74) is 2.45. The number of ether oxygens (including phenoxy) is 1. The van der Waals surface area contributed by atoms with E-state index in [9.17, 15) is 9.50 Å². The van der Waals surface area contributed by atoms with Crippen molar-refractivity contribution in [1.82, 2.24) is 4.98 Å². The third-order valence-electron chi connectivity index (χ3n) is 3.69. The molecule has 1 N–H and O–H groups in total. The molecule has 2 rings (SSSR count). The molecule has 1 atom stereocenters. The van der Waals surface area contributed by atoms with Gasteiger partial charge in [-0.3, -0.25) is 4.98 Å². The number of aliphatic hydroxyl groups excluding tert-OH is 1. The molecule has 0 aliphatic carbocycles. The lowest BCUT2D eigenvalue weighted by molar-refractivity contribution is 0.182. The van der Waals surface area contributed by atoms with Crippen LogP contribution < -0.4 is 4.74 Å². The molecule has 0 radical (unpaired) electrons. The number of pyridine rings is 1. The predicted octanol–water partition coefficient (Wildman–Crippen LogP) is 5.02. The second-order valence-corrected chi connectivity index (χ2v) is 5.90. The van der Waals surface area contributed by atoms with Crippen LogP contribution in [0.5, 0.6) is 5.75 Å². The van der Waals surface area contributed by atoms with Crippen LogP contribution in [-0.4, -0.2) is 22.8 Å². The van der Waals surface area contributed by atoms with Crippen LogP contribution in [0.4, 0.5) is 4.39 Å². The molecule has 1 heterocycles. The Morgan fingerprint density at radius 1 is 1.28 bits per heavy atom. The van der Waals surface area contributed by atoms with E-state index in [0.717, 1.165) is 36.1 Å². The third kappa shape index (κ3) is 6.16. The van der Waals surface area contributed by atoms with Crippen LogP contribution in [0.25, 0.3) is 17.2 Å². The van der Waals surface area contributed by atoms with E-state index in [0.29, 0.717) is 0 Å². The standard InChI is InChI=1S/C21H24FNO2/c1-3-13-25-21-12-10-17(14-20(21)22)18-9-11-19(23-15-18)8-6-4-5-7-16(2)24/h3,6,8-12,14-16,24H,1,4-5,7,13H2,2H3/b8-6+. The average molecular weight is 341 g/mol. The minimum Gasteiger partial charge on any atom is -0.486 e. The highest BCUT2D eigenvalue weighted by Crippen LogP contribution is 2.25. The predicted molar refractivity (Wildman–Crippen MR) is 99.9 cm³/mol. The SMILES string of the molecule is C=CCOc1ccc(-c2ccc(/C=C/CCCC(C)O)nc2)cc1F. The molecule has 132 valence electrons. The first-order valence-corrected chi connectivity index (χ1v) is 8.44. The van der Waals surface area contributed by atoms with E-state index in [1.54, 1.807) is 25.3 Å². The Labute approximate surface area is 148 Å². The van der Waals surface area contributed by atoms with Gasteiger partial charge < -0.3 is 9.84 Å². The van der Waals surface area contributed by atoms with Crippen LogP contribution in [0.1, 0.15) is 31.9 Å². The van der Waals surface area contributed by atoms with Gasteiger partial charge in [-0.15, -0.1) is 0 Å². The fourth-order valence-electron chi connectivity index (χ4n) is 2.36. The summed E-state index contributed by atoms with van der Waals surface area (Å²) in [6.45, 7) is 5.62. The Morgan fingerprint density at radius 2 is 2.08 bits per heavy atom. The van der Waals surface area contributed by atoms with Crippen LogP contribution in [0.3, 0.4) is 0 Å². The molecule has 2 aromatic rings. The van der Waals surface area contributed by atoms with E-state index >= 15 is 0 Å². The Morgan fingerprint density at radius 3 is 2.72 bits per heavy atom. The highest BCUT2D eigenvalue weighted by molar-refractivity contribution is 5.64. The normalized spacial score (nSPS) is 12.3. The highest BCUT2D eigenvalue weighted by Gasteiger charge is 2.06. The van der Waals surface area contributed by atoms with Crippen molar-refractivity contribution < 1.29 is 14.2 Å². The van der Waals surface area contributed by atoms with Crippen molar-refractivity contribution in [2.45, 2.75) is 32.3 Å². The molecule has 0 aliphatic rings. The zero-order valence-electron chi connectivity index (χ0n) is 14.5. The summed E-state index contributed by atoms with van der Waals surface area (Å²) in [6.07, 6.45) is 9.73. The molecule has 0 bridgehead atoms. The topological polar surface area (TPSA) is 42.4 Å². The molecule has 25 heavy (non-hydrogen) atoms. The summed E-state index contributed by atoms with van der Waals surface area (Å²) in [4.78, 5) is 4.39. The first-order chi connectivity index (χ1) is 12.1. The molecule has 1 aromatic carbocycles. The smallest absolute Gasteiger partial charge is 0.165 e. The quantitative estimate of drug-likeness (QED) is 0.514. The van der Waals surface area contributed by atoms with Gasteiger partial charge in [-0.25, -0.2) is 4.39 Å². The molecular formula is C21H24FNO2. The van der Waals surface area contributed by atoms with E-state index in [1.165, 1.54) is 6.07 Å². The third-order valence-corrected chi connectivity index (χ3v) is 3.69. The molecule has 4 heteroatoms. The van der Waals surface area contributed by atoms with Crippen LogP contribution in [0.2, 0.25) is 0 Å². The van der Waals surface area contributed by atoms with Crippen LogP contribution in [-0.2, 0) is 0 Å². The second-order valence-electron chi connectivity index (χ2n) is 5.90. The van der Waals surface area contributed by atoms with Gasteiger partial charge in [0.15, 0.2) is 11.6 Å². The second kappa shape index (κ2) is 9.74. The minimum absolute atomic E-state index is 0.216. The van der Waals surface area contributed by atoms with Gasteiger partial charge in [0.1, 0.15) is 6.61 Å². The van der Waals surface area contributed by atoms with Crippen molar-refractivity contribution in [3.05, 3.63) is 66.8 Å². The number of rotatable bonds is 9. The summed E-state index contributed by atoms with van der Waals surface area (Å²) < 4.78 is 19.3. The van der Waals surface area contributed by atoms with Crippen molar-refractivity contribution >= 4 is 6.08 Å². The Bertz CT molecular complexity index is 708. The summed E-state index contributed by atoms with van der Waals surface area (Å²) in [5.74, 6) is -0.185. The van der Waals surface area contributed by atoms with E-state index in [-0.39, 0.29) is 18.5 Å². The summed E-state index contributed by atoms with van der Waals surface area (Å²) >= 11 is 0. The van der Waals surface area contributed by atoms with Crippen molar-refractivity contribution in [3.63, 3.8) is 0 Å². The van der Waals surface area contributed by atoms with Gasteiger partial charge in [0.25, 0.3) is 0 Å². The summed E-state index contributed by atoms with van der Waals surface area (Å²) in [6, 6.07) is 8.69. The number of halogens is 1. The maximum atomic E-state index is 14.0. The first kappa shape index (κ1) is 18.9. The largest absolute Gasteiger partial charge is 0.486 e. The molecule has 1 unspecified atom stereocenters. The maximum Gasteiger partial charge on any atom is 0.165 e. The Balaban J connectivity index is 1.98. The minimum atomic E-state index is -0.401. The average Bonchev–Trinajstić information content (AvgIpc) is 2.60. The molecule has 0 amide bonds. The number of aromatic nitrogens is 1. The number of benzene rings is 1. The summed E-state index contributed by atoms with van der Waals surface area (Å²) in [7, 11) is 0. The van der Waals surface area contributed by atoms with Gasteiger partial charge in [-0.1, -0.05) is 30.9 Å². The van der Waals surface area contributed by atoms with E-state index < -0.39 is 5.82 Å². The molecule has 0 spiro atoms. The van der Waals surface area contributed by atoms with Crippen molar-refractivity contribution in [2.75, 3.05) is 6.61 Å². The monoisotopic (exact) mass is 341 g/mol. The Hall–Kier alpha value is -2.46. The van der Waals surface area contributed by atoms with Crippen LogP contribution in [0, 0.1) is 5.82 Å². The van der Waals surface area contributed by atoms with Crippen LogP contribution in [0.15, 0.2) is 55.3 Å². The molecule has 0 saturated heterocycles. The molecule has 0 saturated carbocycles. The van der Waals surface area contributed by atoms with Crippen molar-refractivity contribution in [2.24, 2.45) is 0 Å². The lowest BCUT2D eigenvalue weighted by Crippen LogP contribution is -1.97. The van der Waals surface area contributed by atoms with E-state index in [2.05, 4.69) is 17.6 Å². The zero-order chi connectivity index (χ0) is 18.1. The van der Waals surface area contributed by atoms with Crippen molar-refractivity contribution in [3.8, 4) is 16.9 Å². The maximum absolute atomic E-state index is 14.0.